The molecule has 0 fully saturated rings. The van der Waals surface area contributed by atoms with Gasteiger partial charge in [-0.25, -0.2) is 5.43 Å². The van der Waals surface area contributed by atoms with E-state index in [4.69, 9.17) is 9.47 Å². The third kappa shape index (κ3) is 7.03. The molecule has 0 bridgehead atoms. The van der Waals surface area contributed by atoms with Gasteiger partial charge >= 0.3 is 0 Å². The van der Waals surface area contributed by atoms with Gasteiger partial charge in [0.1, 0.15) is 6.61 Å². The Morgan fingerprint density at radius 1 is 1.00 bits per heavy atom. The number of ether oxygens (including phenoxy) is 2. The van der Waals surface area contributed by atoms with Gasteiger partial charge in [-0.3, -0.25) is 4.79 Å². The molecule has 0 saturated carbocycles. The first-order valence-corrected chi connectivity index (χ1v) is 11.3. The van der Waals surface area contributed by atoms with Crippen molar-refractivity contribution in [3.05, 3.63) is 108 Å². The standard InChI is InChI=1S/C26H26N2O3S/c1-3-15-31-24-14-11-22(16-25(24)30-2)17-27-28-26(29)23-12-9-21(10-13-23)19-32-18-20-7-5-4-6-8-20/h3-14,16-17H,1,15,18-19H2,2H3,(H,28,29)/b27-17-. The molecule has 6 heteroatoms. The van der Waals surface area contributed by atoms with Crippen molar-refractivity contribution in [2.45, 2.75) is 11.5 Å². The summed E-state index contributed by atoms with van der Waals surface area (Å²) in [6.07, 6.45) is 3.23. The molecule has 0 aliphatic carbocycles. The van der Waals surface area contributed by atoms with Crippen molar-refractivity contribution < 1.29 is 14.3 Å². The Morgan fingerprint density at radius 2 is 1.72 bits per heavy atom. The van der Waals surface area contributed by atoms with Crippen LogP contribution in [0.4, 0.5) is 0 Å². The first-order valence-electron chi connectivity index (χ1n) is 10.2. The number of nitrogens with zero attached hydrogens (tertiary/aromatic N) is 1. The van der Waals surface area contributed by atoms with Gasteiger partial charge in [-0.05, 0) is 47.0 Å². The Balaban J connectivity index is 1.50. The van der Waals surface area contributed by atoms with Crippen LogP contribution in [-0.2, 0) is 11.5 Å². The van der Waals surface area contributed by atoms with Crippen LogP contribution >= 0.6 is 11.8 Å². The Bertz CT molecular complexity index is 1050. The number of carbonyl (C=O) groups excluding carboxylic acids is 1. The summed E-state index contributed by atoms with van der Waals surface area (Å²) in [5.74, 6) is 2.80. The Kier molecular flexibility index (Phi) is 8.95. The lowest BCUT2D eigenvalue weighted by Gasteiger charge is -2.09. The molecule has 0 aliphatic rings. The molecule has 0 atom stereocenters. The molecule has 32 heavy (non-hydrogen) atoms. The van der Waals surface area contributed by atoms with Gasteiger partial charge in [-0.1, -0.05) is 55.1 Å². The van der Waals surface area contributed by atoms with Crippen molar-refractivity contribution >= 4 is 23.9 Å². The molecular formula is C26H26N2O3S. The minimum absolute atomic E-state index is 0.261. The van der Waals surface area contributed by atoms with Crippen LogP contribution in [0.5, 0.6) is 11.5 Å². The van der Waals surface area contributed by atoms with Crippen LogP contribution in [0, 0.1) is 0 Å². The predicted molar refractivity (Wildman–Crippen MR) is 132 cm³/mol. The van der Waals surface area contributed by atoms with E-state index in [1.165, 1.54) is 11.1 Å². The fraction of sp³-hybridized carbons (Fsp3) is 0.154. The molecule has 0 aliphatic heterocycles. The largest absolute Gasteiger partial charge is 0.493 e. The summed E-state index contributed by atoms with van der Waals surface area (Å²) in [5.41, 5.74) is 6.38. The summed E-state index contributed by atoms with van der Waals surface area (Å²) in [7, 11) is 1.57. The molecule has 164 valence electrons. The number of thioether (sulfide) groups is 1. The van der Waals surface area contributed by atoms with Crippen LogP contribution in [0.2, 0.25) is 0 Å². The Morgan fingerprint density at radius 3 is 2.41 bits per heavy atom. The van der Waals surface area contributed by atoms with Crippen molar-refractivity contribution in [2.24, 2.45) is 5.10 Å². The van der Waals surface area contributed by atoms with E-state index in [1.807, 2.05) is 48.2 Å². The zero-order chi connectivity index (χ0) is 22.6. The highest BCUT2D eigenvalue weighted by Gasteiger charge is 2.06. The van der Waals surface area contributed by atoms with Gasteiger partial charge in [-0.2, -0.15) is 16.9 Å². The number of rotatable bonds is 11. The summed E-state index contributed by atoms with van der Waals surface area (Å²) in [6.45, 7) is 4.02. The van der Waals surface area contributed by atoms with Crippen LogP contribution in [0.3, 0.4) is 0 Å². The van der Waals surface area contributed by atoms with E-state index in [1.54, 1.807) is 31.5 Å². The first kappa shape index (κ1) is 23.2. The third-order valence-corrected chi connectivity index (χ3v) is 5.60. The molecule has 0 spiro atoms. The van der Waals surface area contributed by atoms with Crippen LogP contribution < -0.4 is 14.9 Å². The highest BCUT2D eigenvalue weighted by molar-refractivity contribution is 7.97. The lowest BCUT2D eigenvalue weighted by Crippen LogP contribution is -2.17. The molecule has 1 amide bonds. The highest BCUT2D eigenvalue weighted by Crippen LogP contribution is 2.27. The molecule has 0 radical (unpaired) electrons. The zero-order valence-electron chi connectivity index (χ0n) is 18.0. The van der Waals surface area contributed by atoms with Gasteiger partial charge in [0.2, 0.25) is 0 Å². The molecule has 0 unspecified atom stereocenters. The number of benzene rings is 3. The zero-order valence-corrected chi connectivity index (χ0v) is 18.8. The van der Waals surface area contributed by atoms with Crippen molar-refractivity contribution in [1.82, 2.24) is 5.43 Å². The van der Waals surface area contributed by atoms with E-state index in [0.29, 0.717) is 23.7 Å². The van der Waals surface area contributed by atoms with E-state index in [2.05, 4.69) is 41.4 Å². The molecule has 1 N–H and O–H groups in total. The van der Waals surface area contributed by atoms with Crippen LogP contribution in [0.15, 0.2) is 90.6 Å². The molecular weight excluding hydrogens is 420 g/mol. The van der Waals surface area contributed by atoms with Gasteiger partial charge in [0.05, 0.1) is 13.3 Å². The average Bonchev–Trinajstić information content (AvgIpc) is 2.84. The number of hydrogen-bond donors (Lipinski definition) is 1. The summed E-state index contributed by atoms with van der Waals surface area (Å²) in [4.78, 5) is 12.4. The van der Waals surface area contributed by atoms with Gasteiger partial charge in [0.15, 0.2) is 11.5 Å². The lowest BCUT2D eigenvalue weighted by molar-refractivity contribution is 0.0955. The molecule has 3 aromatic rings. The number of nitrogens with one attached hydrogen (secondary N) is 1. The lowest BCUT2D eigenvalue weighted by atomic mass is 10.1. The molecule has 3 aromatic carbocycles. The van der Waals surface area contributed by atoms with Gasteiger partial charge in [0.25, 0.3) is 5.91 Å². The number of carbonyl (C=O) groups is 1. The fourth-order valence-corrected chi connectivity index (χ4v) is 3.83. The predicted octanol–water partition coefficient (Wildman–Crippen LogP) is 5.46. The minimum atomic E-state index is -0.261. The average molecular weight is 447 g/mol. The van der Waals surface area contributed by atoms with Crippen LogP contribution in [0.25, 0.3) is 0 Å². The van der Waals surface area contributed by atoms with Crippen molar-refractivity contribution in [3.8, 4) is 11.5 Å². The fourth-order valence-electron chi connectivity index (χ4n) is 2.88. The minimum Gasteiger partial charge on any atom is -0.493 e. The van der Waals surface area contributed by atoms with Gasteiger partial charge in [0, 0.05) is 17.1 Å². The maximum absolute atomic E-state index is 12.4. The third-order valence-electron chi connectivity index (χ3n) is 4.52. The van der Waals surface area contributed by atoms with Crippen molar-refractivity contribution in [2.75, 3.05) is 13.7 Å². The molecule has 0 aromatic heterocycles. The summed E-state index contributed by atoms with van der Waals surface area (Å²) < 4.78 is 10.9. The SMILES string of the molecule is C=CCOc1ccc(/C=N\NC(=O)c2ccc(CSCc3ccccc3)cc2)cc1OC. The second kappa shape index (κ2) is 12.4. The number of methoxy groups -OCH3 is 1. The van der Waals surface area contributed by atoms with Gasteiger partial charge in [-0.15, -0.1) is 0 Å². The second-order valence-electron chi connectivity index (χ2n) is 6.88. The molecule has 3 rings (SSSR count). The van der Waals surface area contributed by atoms with Crippen molar-refractivity contribution in [3.63, 3.8) is 0 Å². The number of amides is 1. The topological polar surface area (TPSA) is 59.9 Å². The first-order chi connectivity index (χ1) is 15.7. The maximum atomic E-state index is 12.4. The highest BCUT2D eigenvalue weighted by atomic mass is 32.2. The summed E-state index contributed by atoms with van der Waals surface area (Å²) >= 11 is 1.85. The van der Waals surface area contributed by atoms with E-state index < -0.39 is 0 Å². The Hall–Kier alpha value is -3.51. The summed E-state index contributed by atoms with van der Waals surface area (Å²) in [5, 5.41) is 4.05. The quantitative estimate of drug-likeness (QED) is 0.241. The van der Waals surface area contributed by atoms with E-state index >= 15 is 0 Å². The normalized spacial score (nSPS) is 10.7. The molecule has 0 saturated heterocycles. The molecule has 0 heterocycles. The smallest absolute Gasteiger partial charge is 0.271 e. The van der Waals surface area contributed by atoms with E-state index in [0.717, 1.165) is 17.1 Å². The van der Waals surface area contributed by atoms with E-state index in [9.17, 15) is 4.79 Å². The summed E-state index contributed by atoms with van der Waals surface area (Å²) in [6, 6.07) is 23.4. The van der Waals surface area contributed by atoms with Crippen LogP contribution in [0.1, 0.15) is 27.0 Å². The van der Waals surface area contributed by atoms with Crippen molar-refractivity contribution in [1.29, 1.82) is 0 Å². The monoisotopic (exact) mass is 446 g/mol. The van der Waals surface area contributed by atoms with Gasteiger partial charge < -0.3 is 9.47 Å². The van der Waals surface area contributed by atoms with E-state index in [-0.39, 0.29) is 5.91 Å². The second-order valence-corrected chi connectivity index (χ2v) is 7.87. The maximum Gasteiger partial charge on any atom is 0.271 e. The Labute approximate surface area is 193 Å². The number of hydrazone groups is 1. The van der Waals surface area contributed by atoms with Crippen LogP contribution in [-0.4, -0.2) is 25.8 Å². The number of hydrogen-bond acceptors (Lipinski definition) is 5. The molecule has 5 nitrogen and oxygen atoms in total.